The van der Waals surface area contributed by atoms with Crippen molar-refractivity contribution in [3.63, 3.8) is 0 Å². The zero-order valence-corrected chi connectivity index (χ0v) is 21.5. The summed E-state index contributed by atoms with van der Waals surface area (Å²) in [6, 6.07) is 3.83. The van der Waals surface area contributed by atoms with Gasteiger partial charge >= 0.3 is 0 Å². The molecule has 4 heterocycles. The second kappa shape index (κ2) is 9.55. The zero-order chi connectivity index (χ0) is 22.3. The highest BCUT2D eigenvalue weighted by Crippen LogP contribution is 2.32. The molecule has 0 aliphatic carbocycles. The van der Waals surface area contributed by atoms with Crippen molar-refractivity contribution in [2.75, 3.05) is 67.0 Å². The Morgan fingerprint density at radius 3 is 2.10 bits per heavy atom. The lowest BCUT2D eigenvalue weighted by Crippen LogP contribution is -2.73. The van der Waals surface area contributed by atoms with Gasteiger partial charge in [0.15, 0.2) is 0 Å². The van der Waals surface area contributed by atoms with E-state index < -0.39 is 0 Å². The highest BCUT2D eigenvalue weighted by molar-refractivity contribution is 5.04. The Morgan fingerprint density at radius 1 is 0.839 bits per heavy atom. The van der Waals surface area contributed by atoms with Crippen LogP contribution >= 0.6 is 0 Å². The van der Waals surface area contributed by atoms with Crippen LogP contribution in [0.1, 0.15) is 53.4 Å². The standard InChI is InChI=1S/C25H50N6/c1-19(2)31-16-23(21-14-20(10-13-27(21)5)30-11-8-9-12-30)29(7)24(17-31)22-15-26-25(3,4)18-28(22)6/h19-24,26H,8-18H2,1-7H3. The maximum Gasteiger partial charge on any atom is 0.0392 e. The van der Waals surface area contributed by atoms with Gasteiger partial charge in [0, 0.05) is 68.0 Å². The molecule has 180 valence electrons. The summed E-state index contributed by atoms with van der Waals surface area (Å²) in [4.78, 5) is 13.7. The number of likely N-dealkylation sites (tertiary alicyclic amines) is 2. The molecular weight excluding hydrogens is 384 g/mol. The van der Waals surface area contributed by atoms with Crippen LogP contribution in [0.3, 0.4) is 0 Å². The molecule has 1 N–H and O–H groups in total. The summed E-state index contributed by atoms with van der Waals surface area (Å²) in [5.41, 5.74) is 0.210. The van der Waals surface area contributed by atoms with E-state index in [0.29, 0.717) is 30.2 Å². The number of likely N-dealkylation sites (N-methyl/N-ethyl adjacent to an activating group) is 3. The molecule has 5 atom stereocenters. The molecule has 4 fully saturated rings. The maximum atomic E-state index is 3.84. The lowest BCUT2D eigenvalue weighted by Gasteiger charge is -2.57. The van der Waals surface area contributed by atoms with Gasteiger partial charge in [-0.3, -0.25) is 14.7 Å². The first-order valence-electron chi connectivity index (χ1n) is 13.0. The van der Waals surface area contributed by atoms with Gasteiger partial charge in [-0.15, -0.1) is 0 Å². The van der Waals surface area contributed by atoms with Crippen LogP contribution in [0.5, 0.6) is 0 Å². The summed E-state index contributed by atoms with van der Waals surface area (Å²) in [6.45, 7) is 18.0. The molecule has 0 amide bonds. The number of piperazine rings is 2. The molecule has 0 saturated carbocycles. The van der Waals surface area contributed by atoms with E-state index in [0.717, 1.165) is 19.1 Å². The Kier molecular flexibility index (Phi) is 7.37. The van der Waals surface area contributed by atoms with Crippen molar-refractivity contribution < 1.29 is 0 Å². The predicted molar refractivity (Wildman–Crippen MR) is 131 cm³/mol. The Labute approximate surface area is 192 Å². The molecule has 4 aliphatic rings. The topological polar surface area (TPSA) is 28.2 Å². The van der Waals surface area contributed by atoms with E-state index in [4.69, 9.17) is 0 Å². The molecule has 0 aromatic rings. The molecule has 0 aromatic heterocycles. The molecule has 0 radical (unpaired) electrons. The fourth-order valence-electron chi connectivity index (χ4n) is 7.01. The molecule has 0 aromatic carbocycles. The highest BCUT2D eigenvalue weighted by Gasteiger charge is 2.46. The summed E-state index contributed by atoms with van der Waals surface area (Å²) < 4.78 is 0. The second-order valence-corrected chi connectivity index (χ2v) is 12.1. The normalized spacial score (nSPS) is 40.1. The van der Waals surface area contributed by atoms with Crippen molar-refractivity contribution in [1.29, 1.82) is 0 Å². The fourth-order valence-corrected chi connectivity index (χ4v) is 7.01. The minimum atomic E-state index is 0.210. The van der Waals surface area contributed by atoms with Gasteiger partial charge in [-0.05, 0) is 94.2 Å². The molecule has 6 nitrogen and oxygen atoms in total. The average Bonchev–Trinajstić information content (AvgIpc) is 3.23. The molecular formula is C25H50N6. The van der Waals surface area contributed by atoms with Gasteiger partial charge in [0.2, 0.25) is 0 Å². The van der Waals surface area contributed by atoms with E-state index in [1.54, 1.807) is 0 Å². The quantitative estimate of drug-likeness (QED) is 0.723. The second-order valence-electron chi connectivity index (χ2n) is 12.1. The molecule has 0 spiro atoms. The van der Waals surface area contributed by atoms with Crippen LogP contribution in [-0.2, 0) is 0 Å². The van der Waals surface area contributed by atoms with Crippen LogP contribution in [0, 0.1) is 0 Å². The monoisotopic (exact) mass is 434 g/mol. The summed E-state index contributed by atoms with van der Waals surface area (Å²) in [5, 5.41) is 3.84. The molecule has 0 bridgehead atoms. The van der Waals surface area contributed by atoms with Crippen LogP contribution in [0.4, 0.5) is 0 Å². The van der Waals surface area contributed by atoms with Crippen LogP contribution in [0.2, 0.25) is 0 Å². The lowest BCUT2D eigenvalue weighted by atomic mass is 9.86. The van der Waals surface area contributed by atoms with Crippen LogP contribution in [0.15, 0.2) is 0 Å². The fraction of sp³-hybridized carbons (Fsp3) is 1.00. The van der Waals surface area contributed by atoms with Gasteiger partial charge in [0.05, 0.1) is 0 Å². The molecule has 4 saturated heterocycles. The van der Waals surface area contributed by atoms with E-state index in [1.165, 1.54) is 58.4 Å². The summed E-state index contributed by atoms with van der Waals surface area (Å²) in [6.07, 6.45) is 5.50. The SMILES string of the molecule is CC(C)N1CC(C2CC(N3CCCC3)CCN2C)N(C)C(C2CNC(C)(C)CN2C)C1. The predicted octanol–water partition coefficient (Wildman–Crippen LogP) is 1.62. The van der Waals surface area contributed by atoms with Crippen LogP contribution in [-0.4, -0.2) is 133 Å². The third-order valence-corrected chi connectivity index (χ3v) is 9.06. The van der Waals surface area contributed by atoms with Crippen LogP contribution < -0.4 is 5.32 Å². The zero-order valence-electron chi connectivity index (χ0n) is 21.5. The van der Waals surface area contributed by atoms with E-state index in [2.05, 4.69) is 78.7 Å². The molecule has 6 heteroatoms. The van der Waals surface area contributed by atoms with Gasteiger partial charge in [0.1, 0.15) is 0 Å². The van der Waals surface area contributed by atoms with E-state index >= 15 is 0 Å². The van der Waals surface area contributed by atoms with Crippen molar-refractivity contribution in [2.45, 2.75) is 95.2 Å². The number of hydrogen-bond donors (Lipinski definition) is 1. The molecule has 4 rings (SSSR count). The van der Waals surface area contributed by atoms with Gasteiger partial charge in [0.25, 0.3) is 0 Å². The molecule has 4 aliphatic heterocycles. The van der Waals surface area contributed by atoms with Crippen LogP contribution in [0.25, 0.3) is 0 Å². The van der Waals surface area contributed by atoms with Crippen molar-refractivity contribution in [1.82, 2.24) is 29.8 Å². The minimum Gasteiger partial charge on any atom is -0.309 e. The number of piperidine rings is 1. The first-order valence-corrected chi connectivity index (χ1v) is 13.0. The van der Waals surface area contributed by atoms with E-state index in [1.807, 2.05) is 0 Å². The lowest BCUT2D eigenvalue weighted by molar-refractivity contribution is -0.0619. The smallest absolute Gasteiger partial charge is 0.0392 e. The Bertz CT molecular complexity index is 589. The minimum absolute atomic E-state index is 0.210. The number of hydrogen-bond acceptors (Lipinski definition) is 6. The van der Waals surface area contributed by atoms with Crippen molar-refractivity contribution in [3.05, 3.63) is 0 Å². The number of nitrogens with one attached hydrogen (secondary N) is 1. The highest BCUT2D eigenvalue weighted by atomic mass is 15.4. The van der Waals surface area contributed by atoms with E-state index in [-0.39, 0.29) is 5.54 Å². The summed E-state index contributed by atoms with van der Waals surface area (Å²) in [5.74, 6) is 0. The first-order chi connectivity index (χ1) is 14.7. The van der Waals surface area contributed by atoms with Crippen molar-refractivity contribution >= 4 is 0 Å². The van der Waals surface area contributed by atoms with Gasteiger partial charge in [-0.2, -0.15) is 0 Å². The summed E-state index contributed by atoms with van der Waals surface area (Å²) in [7, 11) is 7.17. The van der Waals surface area contributed by atoms with Crippen molar-refractivity contribution in [2.24, 2.45) is 0 Å². The average molecular weight is 435 g/mol. The molecule has 31 heavy (non-hydrogen) atoms. The third-order valence-electron chi connectivity index (χ3n) is 9.06. The van der Waals surface area contributed by atoms with Gasteiger partial charge in [-0.1, -0.05) is 0 Å². The Hall–Kier alpha value is -0.240. The van der Waals surface area contributed by atoms with E-state index in [9.17, 15) is 0 Å². The summed E-state index contributed by atoms with van der Waals surface area (Å²) >= 11 is 0. The number of nitrogens with zero attached hydrogens (tertiary/aromatic N) is 5. The maximum absolute atomic E-state index is 3.84. The number of rotatable bonds is 4. The Balaban J connectivity index is 1.53. The van der Waals surface area contributed by atoms with Crippen molar-refractivity contribution in [3.8, 4) is 0 Å². The largest absolute Gasteiger partial charge is 0.309 e. The van der Waals surface area contributed by atoms with Gasteiger partial charge < -0.3 is 15.1 Å². The Morgan fingerprint density at radius 2 is 1.48 bits per heavy atom. The molecule has 5 unspecified atom stereocenters. The van der Waals surface area contributed by atoms with Gasteiger partial charge in [-0.25, -0.2) is 0 Å². The third kappa shape index (κ3) is 5.15. The first kappa shape index (κ1) is 23.9.